The second-order valence-corrected chi connectivity index (χ2v) is 6.93. The molecule has 3 aromatic rings. The van der Waals surface area contributed by atoms with Crippen LogP contribution in [0.2, 0.25) is 0 Å². The zero-order chi connectivity index (χ0) is 17.5. The van der Waals surface area contributed by atoms with Crippen LogP contribution in [-0.2, 0) is 6.42 Å². The van der Waals surface area contributed by atoms with E-state index in [1.165, 1.54) is 66.0 Å². The summed E-state index contributed by atoms with van der Waals surface area (Å²) in [5.74, 6) is 0. The Bertz CT molecular complexity index is 805. The van der Waals surface area contributed by atoms with Crippen molar-refractivity contribution in [3.63, 3.8) is 0 Å². The van der Waals surface area contributed by atoms with Crippen LogP contribution in [0.3, 0.4) is 0 Å². The van der Waals surface area contributed by atoms with Gasteiger partial charge in [-0.05, 0) is 40.8 Å². The van der Waals surface area contributed by atoms with Gasteiger partial charge in [0.2, 0.25) is 0 Å². The second-order valence-electron chi connectivity index (χ2n) is 6.93. The number of aryl methyl sites for hydroxylation is 1. The smallest absolute Gasteiger partial charge is 0.0432 e. The summed E-state index contributed by atoms with van der Waals surface area (Å²) in [5, 5.41) is 2.54. The van der Waals surface area contributed by atoms with Gasteiger partial charge < -0.3 is 5.73 Å². The van der Waals surface area contributed by atoms with Crippen LogP contribution < -0.4 is 5.73 Å². The Morgan fingerprint density at radius 1 is 0.760 bits per heavy atom. The fourth-order valence-corrected chi connectivity index (χ4v) is 3.64. The number of hydrogen-bond donors (Lipinski definition) is 1. The Kier molecular flexibility index (Phi) is 6.11. The highest BCUT2D eigenvalue weighted by molar-refractivity contribution is 6.03. The van der Waals surface area contributed by atoms with Crippen molar-refractivity contribution in [2.24, 2.45) is 0 Å². The third-order valence-corrected chi connectivity index (χ3v) is 5.04. The molecule has 0 aliphatic carbocycles. The van der Waals surface area contributed by atoms with E-state index in [1.54, 1.807) is 0 Å². The first kappa shape index (κ1) is 17.5. The van der Waals surface area contributed by atoms with Gasteiger partial charge >= 0.3 is 0 Å². The van der Waals surface area contributed by atoms with Crippen LogP contribution in [-0.4, -0.2) is 0 Å². The van der Waals surface area contributed by atoms with Gasteiger partial charge in [-0.25, -0.2) is 0 Å². The molecule has 1 heteroatoms. The molecule has 0 heterocycles. The summed E-state index contributed by atoms with van der Waals surface area (Å²) in [4.78, 5) is 0. The number of rotatable bonds is 8. The number of hydrogen-bond acceptors (Lipinski definition) is 1. The van der Waals surface area contributed by atoms with E-state index in [2.05, 4.69) is 67.6 Å². The first-order chi connectivity index (χ1) is 12.3. The van der Waals surface area contributed by atoms with Gasteiger partial charge in [0.15, 0.2) is 0 Å². The van der Waals surface area contributed by atoms with Crippen LogP contribution >= 0.6 is 0 Å². The molecule has 0 aliphatic rings. The molecule has 0 saturated heterocycles. The maximum absolute atomic E-state index is 6.64. The molecule has 0 fully saturated rings. The van der Waals surface area contributed by atoms with E-state index in [-0.39, 0.29) is 0 Å². The minimum atomic E-state index is 0.957. The highest BCUT2D eigenvalue weighted by atomic mass is 14.6. The Morgan fingerprint density at radius 3 is 2.24 bits per heavy atom. The molecular weight excluding hydrogens is 302 g/mol. The van der Waals surface area contributed by atoms with Crippen LogP contribution in [0.4, 0.5) is 5.69 Å². The lowest BCUT2D eigenvalue weighted by atomic mass is 9.91. The lowest BCUT2D eigenvalue weighted by molar-refractivity contribution is 0.608. The van der Waals surface area contributed by atoms with Gasteiger partial charge in [-0.1, -0.05) is 93.6 Å². The molecule has 0 radical (unpaired) electrons. The third kappa shape index (κ3) is 4.22. The number of fused-ring (bicyclic) bond motifs is 1. The van der Waals surface area contributed by atoms with Crippen molar-refractivity contribution in [2.45, 2.75) is 51.9 Å². The number of anilines is 1. The highest BCUT2D eigenvalue weighted by Gasteiger charge is 2.12. The zero-order valence-corrected chi connectivity index (χ0v) is 15.3. The quantitative estimate of drug-likeness (QED) is 0.349. The highest BCUT2D eigenvalue weighted by Crippen LogP contribution is 2.37. The van der Waals surface area contributed by atoms with Crippen molar-refractivity contribution in [1.82, 2.24) is 0 Å². The van der Waals surface area contributed by atoms with E-state index in [0.717, 1.165) is 12.1 Å². The predicted molar refractivity (Wildman–Crippen MR) is 111 cm³/mol. The summed E-state index contributed by atoms with van der Waals surface area (Å²) in [6.45, 7) is 2.26. The number of nitrogen functional groups attached to an aromatic ring is 1. The molecule has 1 nitrogen and oxygen atoms in total. The molecule has 130 valence electrons. The maximum atomic E-state index is 6.64. The summed E-state index contributed by atoms with van der Waals surface area (Å²) in [5.41, 5.74) is 11.3. The van der Waals surface area contributed by atoms with Gasteiger partial charge in [-0.15, -0.1) is 0 Å². The lowest BCUT2D eigenvalue weighted by Gasteiger charge is -2.15. The van der Waals surface area contributed by atoms with Gasteiger partial charge in [0.1, 0.15) is 0 Å². The first-order valence-electron chi connectivity index (χ1n) is 9.66. The molecule has 0 spiro atoms. The Labute approximate surface area is 151 Å². The van der Waals surface area contributed by atoms with Crippen LogP contribution in [0.25, 0.3) is 21.9 Å². The summed E-state index contributed by atoms with van der Waals surface area (Å²) in [6, 6.07) is 21.4. The predicted octanol–water partition coefficient (Wildman–Crippen LogP) is 6.99. The van der Waals surface area contributed by atoms with Crippen LogP contribution in [0, 0.1) is 0 Å². The van der Waals surface area contributed by atoms with Crippen molar-refractivity contribution in [3.8, 4) is 11.1 Å². The van der Waals surface area contributed by atoms with Gasteiger partial charge in [-0.2, -0.15) is 0 Å². The summed E-state index contributed by atoms with van der Waals surface area (Å²) in [7, 11) is 0. The van der Waals surface area contributed by atoms with Gasteiger partial charge in [0.25, 0.3) is 0 Å². The molecule has 3 aromatic carbocycles. The average Bonchev–Trinajstić information content (AvgIpc) is 2.65. The standard InChI is InChI=1S/C24H29N/c1-2-3-4-5-6-8-16-21-18-20-15-11-12-17-22(20)23(24(21)25)19-13-9-7-10-14-19/h7,9-15,17-18H,2-6,8,16,25H2,1H3. The Morgan fingerprint density at radius 2 is 1.44 bits per heavy atom. The molecule has 0 amide bonds. The van der Waals surface area contributed by atoms with E-state index >= 15 is 0 Å². The normalized spacial score (nSPS) is 11.1. The van der Waals surface area contributed by atoms with Crippen LogP contribution in [0.5, 0.6) is 0 Å². The van der Waals surface area contributed by atoms with E-state index < -0.39 is 0 Å². The number of nitrogens with two attached hydrogens (primary N) is 1. The molecule has 0 bridgehead atoms. The van der Waals surface area contributed by atoms with Crippen molar-refractivity contribution in [3.05, 3.63) is 66.2 Å². The molecule has 0 aliphatic heterocycles. The minimum Gasteiger partial charge on any atom is -0.398 e. The van der Waals surface area contributed by atoms with Gasteiger partial charge in [-0.3, -0.25) is 0 Å². The van der Waals surface area contributed by atoms with Crippen molar-refractivity contribution < 1.29 is 0 Å². The lowest BCUT2D eigenvalue weighted by Crippen LogP contribution is -1.99. The van der Waals surface area contributed by atoms with Crippen LogP contribution in [0.1, 0.15) is 51.0 Å². The maximum Gasteiger partial charge on any atom is 0.0432 e. The average molecular weight is 332 g/mol. The van der Waals surface area contributed by atoms with Gasteiger partial charge in [0, 0.05) is 11.3 Å². The topological polar surface area (TPSA) is 26.0 Å². The van der Waals surface area contributed by atoms with Crippen molar-refractivity contribution in [1.29, 1.82) is 0 Å². The van der Waals surface area contributed by atoms with E-state index in [1.807, 2.05) is 0 Å². The second kappa shape index (κ2) is 8.71. The molecule has 0 atom stereocenters. The van der Waals surface area contributed by atoms with E-state index in [9.17, 15) is 0 Å². The molecule has 2 N–H and O–H groups in total. The molecule has 0 saturated carbocycles. The van der Waals surface area contributed by atoms with Crippen LogP contribution in [0.15, 0.2) is 60.7 Å². The Balaban J connectivity index is 1.88. The number of unbranched alkanes of at least 4 members (excludes halogenated alkanes) is 5. The van der Waals surface area contributed by atoms with Crippen molar-refractivity contribution in [2.75, 3.05) is 5.73 Å². The number of benzene rings is 3. The molecule has 0 unspecified atom stereocenters. The molecule has 0 aromatic heterocycles. The molecular formula is C24H29N. The van der Waals surface area contributed by atoms with Crippen molar-refractivity contribution >= 4 is 16.5 Å². The zero-order valence-electron chi connectivity index (χ0n) is 15.3. The van der Waals surface area contributed by atoms with Gasteiger partial charge in [0.05, 0.1) is 0 Å². The summed E-state index contributed by atoms with van der Waals surface area (Å²) < 4.78 is 0. The van der Waals surface area contributed by atoms with E-state index in [4.69, 9.17) is 5.73 Å². The summed E-state index contributed by atoms with van der Waals surface area (Å²) >= 11 is 0. The monoisotopic (exact) mass is 331 g/mol. The first-order valence-corrected chi connectivity index (χ1v) is 9.66. The summed E-state index contributed by atoms with van der Waals surface area (Å²) in [6.07, 6.45) is 8.95. The third-order valence-electron chi connectivity index (χ3n) is 5.04. The fourth-order valence-electron chi connectivity index (χ4n) is 3.64. The Hall–Kier alpha value is -2.28. The van der Waals surface area contributed by atoms with E-state index in [0.29, 0.717) is 0 Å². The fraction of sp³-hybridized carbons (Fsp3) is 0.333. The SMILES string of the molecule is CCCCCCCCc1cc2ccccc2c(-c2ccccc2)c1N. The minimum absolute atomic E-state index is 0.957. The molecule has 25 heavy (non-hydrogen) atoms. The largest absolute Gasteiger partial charge is 0.398 e. The molecule has 3 rings (SSSR count).